The van der Waals surface area contributed by atoms with Gasteiger partial charge in [0.1, 0.15) is 5.84 Å². The van der Waals surface area contributed by atoms with Crippen LogP contribution in [0.1, 0.15) is 33.1 Å². The second-order valence-corrected chi connectivity index (χ2v) is 4.63. The second kappa shape index (κ2) is 2.31. The highest BCUT2D eigenvalue weighted by atomic mass is 15.3. The van der Waals surface area contributed by atoms with Crippen molar-refractivity contribution in [1.82, 2.24) is 0 Å². The molecule has 0 bridgehead atoms. The van der Waals surface area contributed by atoms with Crippen LogP contribution in [0.25, 0.3) is 0 Å². The van der Waals surface area contributed by atoms with E-state index >= 15 is 0 Å². The molecule has 2 N–H and O–H groups in total. The SMILES string of the molecule is CC1(C)CC(C2=NN=C(N)C2)C1. The molecular weight excluding hydrogens is 150 g/mol. The molecule has 1 fully saturated rings. The lowest BCUT2D eigenvalue weighted by Gasteiger charge is -2.42. The first-order valence-electron chi connectivity index (χ1n) is 4.46. The topological polar surface area (TPSA) is 50.7 Å². The number of rotatable bonds is 1. The van der Waals surface area contributed by atoms with Gasteiger partial charge in [-0.25, -0.2) is 0 Å². The van der Waals surface area contributed by atoms with Crippen molar-refractivity contribution in [3.63, 3.8) is 0 Å². The Bertz CT molecular complexity index is 255. The Balaban J connectivity index is 1.91. The molecule has 12 heavy (non-hydrogen) atoms. The zero-order valence-corrected chi connectivity index (χ0v) is 7.67. The van der Waals surface area contributed by atoms with Gasteiger partial charge in [0.15, 0.2) is 0 Å². The molecule has 0 spiro atoms. The van der Waals surface area contributed by atoms with Crippen molar-refractivity contribution < 1.29 is 0 Å². The van der Waals surface area contributed by atoms with Crippen LogP contribution in [0.15, 0.2) is 10.2 Å². The van der Waals surface area contributed by atoms with E-state index in [1.54, 1.807) is 0 Å². The van der Waals surface area contributed by atoms with Crippen LogP contribution in [-0.4, -0.2) is 11.5 Å². The van der Waals surface area contributed by atoms with Gasteiger partial charge in [-0.1, -0.05) is 13.8 Å². The highest BCUT2D eigenvalue weighted by Crippen LogP contribution is 2.46. The maximum absolute atomic E-state index is 5.54. The summed E-state index contributed by atoms with van der Waals surface area (Å²) in [7, 11) is 0. The summed E-state index contributed by atoms with van der Waals surface area (Å²) in [6.45, 7) is 4.59. The van der Waals surface area contributed by atoms with Crippen LogP contribution >= 0.6 is 0 Å². The van der Waals surface area contributed by atoms with Crippen LogP contribution in [0, 0.1) is 11.3 Å². The van der Waals surface area contributed by atoms with Crippen molar-refractivity contribution in [2.24, 2.45) is 27.3 Å². The van der Waals surface area contributed by atoms with E-state index in [0.717, 1.165) is 6.42 Å². The third-order valence-electron chi connectivity index (χ3n) is 2.74. The average Bonchev–Trinajstić information content (AvgIpc) is 2.30. The third kappa shape index (κ3) is 1.24. The van der Waals surface area contributed by atoms with Gasteiger partial charge in [-0.3, -0.25) is 0 Å². The van der Waals surface area contributed by atoms with E-state index in [9.17, 15) is 0 Å². The van der Waals surface area contributed by atoms with Crippen molar-refractivity contribution in [2.45, 2.75) is 33.1 Å². The Morgan fingerprint density at radius 2 is 2.00 bits per heavy atom. The standard InChI is InChI=1S/C9H15N3/c1-9(2)4-6(5-9)7-3-8(10)12-11-7/h6H,3-5H2,1-2H3,(H2,10,12). The minimum atomic E-state index is 0.518. The molecule has 0 amide bonds. The second-order valence-electron chi connectivity index (χ2n) is 4.63. The van der Waals surface area contributed by atoms with E-state index in [1.165, 1.54) is 18.6 Å². The predicted octanol–water partition coefficient (Wildman–Crippen LogP) is 1.54. The monoisotopic (exact) mass is 165 g/mol. The van der Waals surface area contributed by atoms with Gasteiger partial charge in [-0.05, 0) is 18.3 Å². The van der Waals surface area contributed by atoms with E-state index in [4.69, 9.17) is 5.73 Å². The first kappa shape index (κ1) is 7.77. The van der Waals surface area contributed by atoms with E-state index in [1.807, 2.05) is 0 Å². The van der Waals surface area contributed by atoms with Gasteiger partial charge in [0.05, 0.1) is 5.71 Å². The summed E-state index contributed by atoms with van der Waals surface area (Å²) in [5.74, 6) is 1.33. The lowest BCUT2D eigenvalue weighted by molar-refractivity contribution is 0.144. The van der Waals surface area contributed by atoms with E-state index in [-0.39, 0.29) is 0 Å². The molecule has 1 heterocycles. The van der Waals surface area contributed by atoms with Gasteiger partial charge < -0.3 is 5.73 Å². The molecule has 66 valence electrons. The number of nitrogens with two attached hydrogens (primary N) is 1. The Morgan fingerprint density at radius 1 is 1.33 bits per heavy atom. The molecule has 3 heteroatoms. The van der Waals surface area contributed by atoms with Crippen LogP contribution in [0.4, 0.5) is 0 Å². The zero-order valence-electron chi connectivity index (χ0n) is 7.67. The molecule has 1 aliphatic carbocycles. The van der Waals surface area contributed by atoms with Crippen LogP contribution in [0.2, 0.25) is 0 Å². The first-order chi connectivity index (χ1) is 5.57. The fourth-order valence-electron chi connectivity index (χ4n) is 2.12. The van der Waals surface area contributed by atoms with Gasteiger partial charge in [-0.15, -0.1) is 5.10 Å². The van der Waals surface area contributed by atoms with Crippen LogP contribution < -0.4 is 5.73 Å². The van der Waals surface area contributed by atoms with Crippen LogP contribution in [0.3, 0.4) is 0 Å². The maximum Gasteiger partial charge on any atom is 0.128 e. The average molecular weight is 165 g/mol. The van der Waals surface area contributed by atoms with E-state index < -0.39 is 0 Å². The summed E-state index contributed by atoms with van der Waals surface area (Å²) in [6.07, 6.45) is 3.30. The Labute approximate surface area is 72.7 Å². The van der Waals surface area contributed by atoms with Crippen molar-refractivity contribution in [3.8, 4) is 0 Å². The first-order valence-corrected chi connectivity index (χ1v) is 4.46. The molecular formula is C9H15N3. The van der Waals surface area contributed by atoms with Gasteiger partial charge in [0, 0.05) is 12.3 Å². The zero-order chi connectivity index (χ0) is 8.77. The normalized spacial score (nSPS) is 27.8. The summed E-state index contributed by atoms with van der Waals surface area (Å²) in [6, 6.07) is 0. The highest BCUT2D eigenvalue weighted by Gasteiger charge is 2.39. The predicted molar refractivity (Wildman–Crippen MR) is 50.2 cm³/mol. The van der Waals surface area contributed by atoms with Gasteiger partial charge in [0.2, 0.25) is 0 Å². The van der Waals surface area contributed by atoms with E-state index in [0.29, 0.717) is 17.2 Å². The van der Waals surface area contributed by atoms with Crippen molar-refractivity contribution >= 4 is 11.5 Å². The molecule has 2 aliphatic rings. The summed E-state index contributed by atoms with van der Waals surface area (Å²) < 4.78 is 0. The van der Waals surface area contributed by atoms with Crippen molar-refractivity contribution in [3.05, 3.63) is 0 Å². The third-order valence-corrected chi connectivity index (χ3v) is 2.74. The molecule has 2 rings (SSSR count). The van der Waals surface area contributed by atoms with Gasteiger partial charge in [0.25, 0.3) is 0 Å². The fourth-order valence-corrected chi connectivity index (χ4v) is 2.12. The molecule has 0 unspecified atom stereocenters. The number of nitrogens with zero attached hydrogens (tertiary/aromatic N) is 2. The fraction of sp³-hybridized carbons (Fsp3) is 0.778. The lowest BCUT2D eigenvalue weighted by Crippen LogP contribution is -2.37. The molecule has 0 aromatic heterocycles. The summed E-state index contributed by atoms with van der Waals surface area (Å²) in [4.78, 5) is 0. The lowest BCUT2D eigenvalue weighted by atomic mass is 9.62. The molecule has 3 nitrogen and oxygen atoms in total. The van der Waals surface area contributed by atoms with Crippen molar-refractivity contribution in [2.75, 3.05) is 0 Å². The maximum atomic E-state index is 5.54. The molecule has 1 saturated carbocycles. The van der Waals surface area contributed by atoms with Gasteiger partial charge >= 0.3 is 0 Å². The van der Waals surface area contributed by atoms with Crippen molar-refractivity contribution in [1.29, 1.82) is 0 Å². The quantitative estimate of drug-likeness (QED) is 0.629. The molecule has 1 aliphatic heterocycles. The number of amidine groups is 1. The molecule has 0 saturated heterocycles. The van der Waals surface area contributed by atoms with Crippen LogP contribution in [0.5, 0.6) is 0 Å². The van der Waals surface area contributed by atoms with E-state index in [2.05, 4.69) is 24.1 Å². The summed E-state index contributed by atoms with van der Waals surface area (Å²) >= 11 is 0. The summed E-state index contributed by atoms with van der Waals surface area (Å²) in [5, 5.41) is 7.93. The molecule has 0 aromatic carbocycles. The minimum Gasteiger partial charge on any atom is -0.385 e. The molecule has 0 atom stereocenters. The molecule has 0 aromatic rings. The number of hydrogen-bond donors (Lipinski definition) is 1. The van der Waals surface area contributed by atoms with Gasteiger partial charge in [-0.2, -0.15) is 5.10 Å². The van der Waals surface area contributed by atoms with Crippen LogP contribution in [-0.2, 0) is 0 Å². The smallest absolute Gasteiger partial charge is 0.128 e. The number of hydrogen-bond acceptors (Lipinski definition) is 3. The molecule has 0 radical (unpaired) electrons. The Kier molecular flexibility index (Phi) is 1.50. The Hall–Kier alpha value is -0.860. The Morgan fingerprint density at radius 3 is 2.42 bits per heavy atom. The highest BCUT2D eigenvalue weighted by molar-refractivity contribution is 6.07. The largest absolute Gasteiger partial charge is 0.385 e. The minimum absolute atomic E-state index is 0.518. The summed E-state index contributed by atoms with van der Waals surface area (Å²) in [5.41, 5.74) is 7.26.